The smallest absolute Gasteiger partial charge is 0.0281 e. The molecule has 1 saturated carbocycles. The van der Waals surface area contributed by atoms with Gasteiger partial charge in [-0.25, -0.2) is 0 Å². The minimum absolute atomic E-state index is 0.336. The van der Waals surface area contributed by atoms with Crippen LogP contribution in [0.2, 0.25) is 0 Å². The van der Waals surface area contributed by atoms with E-state index in [1.807, 2.05) is 0 Å². The zero-order chi connectivity index (χ0) is 11.8. The fourth-order valence-electron chi connectivity index (χ4n) is 3.83. The lowest BCUT2D eigenvalue weighted by atomic mass is 9.76. The van der Waals surface area contributed by atoms with Crippen molar-refractivity contribution in [2.24, 2.45) is 11.8 Å². The summed E-state index contributed by atoms with van der Waals surface area (Å²) < 4.78 is 0. The first-order chi connectivity index (χ1) is 7.52. The van der Waals surface area contributed by atoms with Crippen LogP contribution < -0.4 is 5.32 Å². The molecule has 1 N–H and O–H groups in total. The minimum Gasteiger partial charge on any atom is -0.314 e. The van der Waals surface area contributed by atoms with Gasteiger partial charge in [0.1, 0.15) is 0 Å². The molecule has 0 aromatic rings. The summed E-state index contributed by atoms with van der Waals surface area (Å²) in [7, 11) is 0. The third-order valence-corrected chi connectivity index (χ3v) is 4.71. The predicted molar refractivity (Wildman–Crippen MR) is 69.6 cm³/mol. The molecule has 0 aromatic heterocycles. The maximum atomic E-state index is 3.53. The van der Waals surface area contributed by atoms with Gasteiger partial charge in [0.15, 0.2) is 0 Å². The van der Waals surface area contributed by atoms with Crippen LogP contribution in [0.1, 0.15) is 47.0 Å². The van der Waals surface area contributed by atoms with E-state index in [0.29, 0.717) is 5.54 Å². The molecule has 1 saturated heterocycles. The van der Waals surface area contributed by atoms with Crippen molar-refractivity contribution >= 4 is 0 Å². The van der Waals surface area contributed by atoms with E-state index in [0.717, 1.165) is 24.4 Å². The first kappa shape index (κ1) is 12.4. The third-order valence-electron chi connectivity index (χ3n) is 4.71. The Labute approximate surface area is 101 Å². The lowest BCUT2D eigenvalue weighted by Crippen LogP contribution is -2.64. The van der Waals surface area contributed by atoms with Crippen molar-refractivity contribution < 1.29 is 0 Å². The molecule has 2 atom stereocenters. The maximum absolute atomic E-state index is 3.53. The van der Waals surface area contributed by atoms with Gasteiger partial charge < -0.3 is 5.32 Å². The van der Waals surface area contributed by atoms with Crippen LogP contribution in [-0.4, -0.2) is 36.1 Å². The predicted octanol–water partition coefficient (Wildman–Crippen LogP) is 2.49. The zero-order valence-electron chi connectivity index (χ0n) is 11.4. The Kier molecular flexibility index (Phi) is 3.60. The fraction of sp³-hybridized carbons (Fsp3) is 1.00. The average Bonchev–Trinajstić information content (AvgIpc) is 2.19. The van der Waals surface area contributed by atoms with Gasteiger partial charge in [0, 0.05) is 31.2 Å². The lowest BCUT2D eigenvalue weighted by Gasteiger charge is -2.52. The van der Waals surface area contributed by atoms with E-state index in [2.05, 4.69) is 37.9 Å². The second-order valence-electron chi connectivity index (χ2n) is 6.56. The van der Waals surface area contributed by atoms with Gasteiger partial charge in [-0.1, -0.05) is 20.3 Å². The van der Waals surface area contributed by atoms with E-state index in [1.165, 1.54) is 32.4 Å². The second-order valence-corrected chi connectivity index (χ2v) is 6.56. The van der Waals surface area contributed by atoms with Gasteiger partial charge >= 0.3 is 0 Å². The minimum atomic E-state index is 0.336. The molecule has 2 fully saturated rings. The first-order valence-corrected chi connectivity index (χ1v) is 7.00. The highest BCUT2D eigenvalue weighted by molar-refractivity contribution is 4.96. The molecule has 1 aliphatic carbocycles. The zero-order valence-corrected chi connectivity index (χ0v) is 11.4. The Bertz CT molecular complexity index is 227. The third kappa shape index (κ3) is 2.28. The van der Waals surface area contributed by atoms with Crippen molar-refractivity contribution in [1.82, 2.24) is 10.2 Å². The number of piperazine rings is 1. The Morgan fingerprint density at radius 2 is 1.75 bits per heavy atom. The van der Waals surface area contributed by atoms with Crippen LogP contribution >= 0.6 is 0 Å². The van der Waals surface area contributed by atoms with E-state index < -0.39 is 0 Å². The van der Waals surface area contributed by atoms with Gasteiger partial charge in [-0.15, -0.1) is 0 Å². The molecular weight excluding hydrogens is 196 g/mol. The molecule has 16 heavy (non-hydrogen) atoms. The number of nitrogens with one attached hydrogen (secondary N) is 1. The maximum Gasteiger partial charge on any atom is 0.0281 e. The molecule has 94 valence electrons. The normalized spacial score (nSPS) is 40.9. The van der Waals surface area contributed by atoms with E-state index >= 15 is 0 Å². The number of hydrogen-bond acceptors (Lipinski definition) is 2. The summed E-state index contributed by atoms with van der Waals surface area (Å²) in [6.45, 7) is 13.2. The quantitative estimate of drug-likeness (QED) is 0.736. The molecule has 0 spiro atoms. The molecule has 0 amide bonds. The standard InChI is InChI=1S/C14H28N2/c1-11-6-5-7-12(2)13(11)16-9-8-15-10-14(16,3)4/h11-13,15H,5-10H2,1-4H3. The number of nitrogens with zero attached hydrogens (tertiary/aromatic N) is 1. The molecule has 0 aromatic carbocycles. The Morgan fingerprint density at radius 3 is 2.31 bits per heavy atom. The molecule has 2 nitrogen and oxygen atoms in total. The van der Waals surface area contributed by atoms with Gasteiger partial charge in [0.05, 0.1) is 0 Å². The largest absolute Gasteiger partial charge is 0.314 e. The van der Waals surface area contributed by atoms with Crippen LogP contribution in [0.15, 0.2) is 0 Å². The van der Waals surface area contributed by atoms with Crippen LogP contribution in [0.25, 0.3) is 0 Å². The van der Waals surface area contributed by atoms with Gasteiger partial charge in [0.2, 0.25) is 0 Å². The lowest BCUT2D eigenvalue weighted by molar-refractivity contribution is -0.0191. The van der Waals surface area contributed by atoms with E-state index in [-0.39, 0.29) is 0 Å². The Hall–Kier alpha value is -0.0800. The monoisotopic (exact) mass is 224 g/mol. The summed E-state index contributed by atoms with van der Waals surface area (Å²) in [6, 6.07) is 0.811. The highest BCUT2D eigenvalue weighted by atomic mass is 15.3. The molecule has 1 aliphatic heterocycles. The summed E-state index contributed by atoms with van der Waals surface area (Å²) >= 11 is 0. The molecule has 2 aliphatic rings. The van der Waals surface area contributed by atoms with Crippen molar-refractivity contribution in [3.63, 3.8) is 0 Å². The van der Waals surface area contributed by atoms with Crippen LogP contribution in [0.5, 0.6) is 0 Å². The summed E-state index contributed by atoms with van der Waals surface area (Å²) in [6.07, 6.45) is 4.29. The molecule has 0 radical (unpaired) electrons. The van der Waals surface area contributed by atoms with Gasteiger partial charge in [0.25, 0.3) is 0 Å². The fourth-order valence-corrected chi connectivity index (χ4v) is 3.83. The van der Waals surface area contributed by atoms with Crippen molar-refractivity contribution in [2.45, 2.75) is 58.5 Å². The average molecular weight is 224 g/mol. The molecule has 0 bridgehead atoms. The number of rotatable bonds is 1. The highest BCUT2D eigenvalue weighted by Crippen LogP contribution is 2.36. The molecule has 1 heterocycles. The van der Waals surface area contributed by atoms with Crippen LogP contribution in [0.4, 0.5) is 0 Å². The van der Waals surface area contributed by atoms with Crippen molar-refractivity contribution in [1.29, 1.82) is 0 Å². The van der Waals surface area contributed by atoms with E-state index in [4.69, 9.17) is 0 Å². The highest BCUT2D eigenvalue weighted by Gasteiger charge is 2.40. The summed E-state index contributed by atoms with van der Waals surface area (Å²) in [4.78, 5) is 2.79. The van der Waals surface area contributed by atoms with Crippen molar-refractivity contribution in [3.05, 3.63) is 0 Å². The molecular formula is C14H28N2. The summed E-state index contributed by atoms with van der Waals surface area (Å²) in [5.74, 6) is 1.75. The molecule has 2 unspecified atom stereocenters. The molecule has 2 rings (SSSR count). The van der Waals surface area contributed by atoms with Crippen LogP contribution in [0, 0.1) is 11.8 Å². The Balaban J connectivity index is 2.14. The second kappa shape index (κ2) is 4.66. The van der Waals surface area contributed by atoms with Crippen LogP contribution in [0.3, 0.4) is 0 Å². The van der Waals surface area contributed by atoms with Crippen LogP contribution in [-0.2, 0) is 0 Å². The SMILES string of the molecule is CC1CCCC(C)C1N1CCNCC1(C)C. The van der Waals surface area contributed by atoms with Crippen molar-refractivity contribution in [2.75, 3.05) is 19.6 Å². The number of hydrogen-bond donors (Lipinski definition) is 1. The van der Waals surface area contributed by atoms with Gasteiger partial charge in [-0.2, -0.15) is 0 Å². The van der Waals surface area contributed by atoms with Crippen molar-refractivity contribution in [3.8, 4) is 0 Å². The van der Waals surface area contributed by atoms with Gasteiger partial charge in [-0.05, 0) is 38.5 Å². The topological polar surface area (TPSA) is 15.3 Å². The first-order valence-electron chi connectivity index (χ1n) is 7.00. The van der Waals surface area contributed by atoms with E-state index in [1.54, 1.807) is 0 Å². The van der Waals surface area contributed by atoms with E-state index in [9.17, 15) is 0 Å². The summed E-state index contributed by atoms with van der Waals surface area (Å²) in [5, 5.41) is 3.53. The van der Waals surface area contributed by atoms with Gasteiger partial charge in [-0.3, -0.25) is 4.90 Å². The molecule has 2 heteroatoms. The summed E-state index contributed by atoms with van der Waals surface area (Å²) in [5.41, 5.74) is 0.336. The Morgan fingerprint density at radius 1 is 1.12 bits per heavy atom.